The second kappa shape index (κ2) is 6.98. The van der Waals surface area contributed by atoms with Gasteiger partial charge >= 0.3 is 0 Å². The molecule has 0 amide bonds. The van der Waals surface area contributed by atoms with Gasteiger partial charge in [-0.15, -0.1) is 10.2 Å². The maximum absolute atomic E-state index is 4.05. The van der Waals surface area contributed by atoms with Gasteiger partial charge in [0, 0.05) is 12.3 Å². The summed E-state index contributed by atoms with van der Waals surface area (Å²) in [5.41, 5.74) is 1.21. The van der Waals surface area contributed by atoms with Crippen molar-refractivity contribution in [3.63, 3.8) is 0 Å². The summed E-state index contributed by atoms with van der Waals surface area (Å²) in [5, 5.41) is 12.4. The van der Waals surface area contributed by atoms with Gasteiger partial charge in [0.15, 0.2) is 4.34 Å². The van der Waals surface area contributed by atoms with E-state index in [9.17, 15) is 0 Å². The van der Waals surface area contributed by atoms with Crippen LogP contribution < -0.4 is 5.32 Å². The molecule has 0 fully saturated rings. The Balaban J connectivity index is 2.16. The smallest absolute Gasteiger partial charge is 0.174 e. The zero-order valence-corrected chi connectivity index (χ0v) is 10.9. The third kappa shape index (κ3) is 5.30. The lowest BCUT2D eigenvalue weighted by Crippen LogP contribution is -2.18. The van der Waals surface area contributed by atoms with Crippen LogP contribution in [0.15, 0.2) is 16.5 Å². The molecule has 1 aromatic rings. The Hall–Kier alpha value is -0.390. The van der Waals surface area contributed by atoms with Crippen molar-refractivity contribution >= 4 is 23.1 Å². The van der Waals surface area contributed by atoms with Crippen LogP contribution in [0.4, 0.5) is 0 Å². The third-order valence-electron chi connectivity index (χ3n) is 1.71. The van der Waals surface area contributed by atoms with E-state index in [4.69, 9.17) is 0 Å². The van der Waals surface area contributed by atoms with Gasteiger partial charge in [0.05, 0.1) is 0 Å². The SMILES string of the molecule is C=C(CNCCC)CSc1nnc(C)s1. The highest BCUT2D eigenvalue weighted by atomic mass is 32.2. The molecule has 1 rings (SSSR count). The van der Waals surface area contributed by atoms with Crippen LogP contribution in [0.3, 0.4) is 0 Å². The molecule has 0 unspecified atom stereocenters. The summed E-state index contributed by atoms with van der Waals surface area (Å²) >= 11 is 3.35. The molecule has 1 heterocycles. The zero-order chi connectivity index (χ0) is 11.1. The van der Waals surface area contributed by atoms with Crippen LogP contribution in [-0.4, -0.2) is 29.0 Å². The molecule has 0 saturated heterocycles. The first-order chi connectivity index (χ1) is 7.22. The number of aromatic nitrogens is 2. The molecule has 1 N–H and O–H groups in total. The maximum Gasteiger partial charge on any atom is 0.174 e. The van der Waals surface area contributed by atoms with E-state index in [1.54, 1.807) is 23.1 Å². The van der Waals surface area contributed by atoms with E-state index in [0.717, 1.165) is 34.6 Å². The van der Waals surface area contributed by atoms with Crippen LogP contribution in [0.1, 0.15) is 18.4 Å². The molecule has 15 heavy (non-hydrogen) atoms. The molecule has 0 spiro atoms. The fourth-order valence-electron chi connectivity index (χ4n) is 0.994. The first-order valence-corrected chi connectivity index (χ1v) is 6.83. The fraction of sp³-hybridized carbons (Fsp3) is 0.600. The van der Waals surface area contributed by atoms with Gasteiger partial charge in [-0.3, -0.25) is 0 Å². The average Bonchev–Trinajstić information content (AvgIpc) is 2.62. The molecule has 0 bridgehead atoms. The van der Waals surface area contributed by atoms with E-state index in [1.165, 1.54) is 5.57 Å². The van der Waals surface area contributed by atoms with E-state index in [2.05, 4.69) is 29.0 Å². The minimum Gasteiger partial charge on any atom is -0.313 e. The van der Waals surface area contributed by atoms with Crippen molar-refractivity contribution in [2.24, 2.45) is 0 Å². The minimum absolute atomic E-state index is 0.901. The van der Waals surface area contributed by atoms with Crippen LogP contribution in [0.25, 0.3) is 0 Å². The summed E-state index contributed by atoms with van der Waals surface area (Å²) in [6.07, 6.45) is 1.16. The molecule has 1 aromatic heterocycles. The van der Waals surface area contributed by atoms with E-state index in [0.29, 0.717) is 0 Å². The van der Waals surface area contributed by atoms with Crippen LogP contribution >= 0.6 is 23.1 Å². The lowest BCUT2D eigenvalue weighted by atomic mass is 10.3. The van der Waals surface area contributed by atoms with E-state index < -0.39 is 0 Å². The number of thioether (sulfide) groups is 1. The van der Waals surface area contributed by atoms with Crippen molar-refractivity contribution in [1.29, 1.82) is 0 Å². The Morgan fingerprint density at radius 1 is 1.53 bits per heavy atom. The summed E-state index contributed by atoms with van der Waals surface area (Å²) in [7, 11) is 0. The number of nitrogens with zero attached hydrogens (tertiary/aromatic N) is 2. The lowest BCUT2D eigenvalue weighted by molar-refractivity contribution is 0.716. The summed E-state index contributed by atoms with van der Waals surface area (Å²) in [6.45, 7) is 10.1. The summed E-state index contributed by atoms with van der Waals surface area (Å²) in [5.74, 6) is 0.922. The van der Waals surface area contributed by atoms with Crippen LogP contribution in [0.2, 0.25) is 0 Å². The number of rotatable bonds is 7. The Morgan fingerprint density at radius 3 is 2.93 bits per heavy atom. The van der Waals surface area contributed by atoms with Crippen LogP contribution in [0, 0.1) is 6.92 Å². The van der Waals surface area contributed by atoms with Gasteiger partial charge in [0.1, 0.15) is 5.01 Å². The second-order valence-electron chi connectivity index (χ2n) is 3.30. The summed E-state index contributed by atoms with van der Waals surface area (Å²) < 4.78 is 1.03. The quantitative estimate of drug-likeness (QED) is 0.453. The average molecular weight is 243 g/mol. The van der Waals surface area contributed by atoms with E-state index >= 15 is 0 Å². The molecule has 0 aliphatic heterocycles. The predicted molar refractivity (Wildman–Crippen MR) is 67.7 cm³/mol. The van der Waals surface area contributed by atoms with Crippen molar-refractivity contribution in [3.8, 4) is 0 Å². The zero-order valence-electron chi connectivity index (χ0n) is 9.25. The molecule has 0 radical (unpaired) electrons. The molecule has 0 aromatic carbocycles. The minimum atomic E-state index is 0.901. The number of hydrogen-bond donors (Lipinski definition) is 1. The Kier molecular flexibility index (Phi) is 5.90. The van der Waals surface area contributed by atoms with Gasteiger partial charge in [-0.25, -0.2) is 0 Å². The molecule has 0 aliphatic carbocycles. The van der Waals surface area contributed by atoms with Crippen molar-refractivity contribution in [3.05, 3.63) is 17.2 Å². The molecule has 0 atom stereocenters. The maximum atomic E-state index is 4.05. The molecular weight excluding hydrogens is 226 g/mol. The second-order valence-corrected chi connectivity index (χ2v) is 5.71. The van der Waals surface area contributed by atoms with Gasteiger partial charge in [-0.2, -0.15) is 0 Å². The van der Waals surface area contributed by atoms with Crippen molar-refractivity contribution in [1.82, 2.24) is 15.5 Å². The Bertz CT molecular complexity index is 309. The molecule has 84 valence electrons. The molecule has 0 aliphatic rings. The van der Waals surface area contributed by atoms with E-state index in [-0.39, 0.29) is 0 Å². The van der Waals surface area contributed by atoms with Crippen molar-refractivity contribution in [2.45, 2.75) is 24.6 Å². The summed E-state index contributed by atoms with van der Waals surface area (Å²) in [4.78, 5) is 0. The third-order valence-corrected chi connectivity index (χ3v) is 3.83. The fourth-order valence-corrected chi connectivity index (χ4v) is 2.71. The standard InChI is InChI=1S/C10H17N3S2/c1-4-5-11-6-8(2)7-14-10-13-12-9(3)15-10/h11H,2,4-7H2,1,3H3. The highest BCUT2D eigenvalue weighted by Gasteiger charge is 2.02. The molecule has 0 saturated carbocycles. The van der Waals surface area contributed by atoms with Gasteiger partial charge in [0.2, 0.25) is 0 Å². The molecule has 3 nitrogen and oxygen atoms in total. The number of hydrogen-bond acceptors (Lipinski definition) is 5. The van der Waals surface area contributed by atoms with Gasteiger partial charge < -0.3 is 5.32 Å². The monoisotopic (exact) mass is 243 g/mol. The summed E-state index contributed by atoms with van der Waals surface area (Å²) in [6, 6.07) is 0. The Labute approximate surface area is 99.4 Å². The van der Waals surface area contributed by atoms with Gasteiger partial charge in [-0.05, 0) is 19.9 Å². The number of nitrogens with one attached hydrogen (secondary N) is 1. The largest absolute Gasteiger partial charge is 0.313 e. The molecule has 5 heteroatoms. The number of aryl methyl sites for hydroxylation is 1. The van der Waals surface area contributed by atoms with Gasteiger partial charge in [-0.1, -0.05) is 42.2 Å². The van der Waals surface area contributed by atoms with Gasteiger partial charge in [0.25, 0.3) is 0 Å². The van der Waals surface area contributed by atoms with Crippen LogP contribution in [-0.2, 0) is 0 Å². The first kappa shape index (κ1) is 12.7. The predicted octanol–water partition coefficient (Wildman–Crippen LogP) is 2.49. The van der Waals surface area contributed by atoms with E-state index in [1.807, 2.05) is 6.92 Å². The topological polar surface area (TPSA) is 37.8 Å². The highest BCUT2D eigenvalue weighted by Crippen LogP contribution is 2.23. The lowest BCUT2D eigenvalue weighted by Gasteiger charge is -2.04. The van der Waals surface area contributed by atoms with Crippen molar-refractivity contribution < 1.29 is 0 Å². The molecular formula is C10H17N3S2. The van der Waals surface area contributed by atoms with Crippen molar-refractivity contribution in [2.75, 3.05) is 18.8 Å². The highest BCUT2D eigenvalue weighted by molar-refractivity contribution is 8.01. The first-order valence-electron chi connectivity index (χ1n) is 5.02. The normalized spacial score (nSPS) is 10.5. The van der Waals surface area contributed by atoms with Crippen LogP contribution in [0.5, 0.6) is 0 Å². The Morgan fingerprint density at radius 2 is 2.33 bits per heavy atom.